The minimum Gasteiger partial charge on any atom is -0.497 e. The highest BCUT2D eigenvalue weighted by Crippen LogP contribution is 2.30. The molecule has 9 nitrogen and oxygen atoms in total. The number of methoxy groups -OCH3 is 1. The molecular weight excluding hydrogens is 446 g/mol. The normalized spacial score (nSPS) is 14.4. The third kappa shape index (κ3) is 5.35. The molecule has 0 atom stereocenters. The monoisotopic (exact) mass is 471 g/mol. The number of ether oxygens (including phenoxy) is 3. The maximum Gasteiger partial charge on any atom is 0.325 e. The number of allylic oxidation sites excluding steroid dienone is 3. The van der Waals surface area contributed by atoms with Crippen LogP contribution in [0.4, 0.5) is 11.8 Å². The van der Waals surface area contributed by atoms with Gasteiger partial charge in [-0.25, -0.2) is 4.98 Å². The van der Waals surface area contributed by atoms with Gasteiger partial charge >= 0.3 is 6.01 Å². The highest BCUT2D eigenvalue weighted by Gasteiger charge is 2.24. The van der Waals surface area contributed by atoms with E-state index in [1.165, 1.54) is 24.4 Å². The molecule has 178 valence electrons. The second kappa shape index (κ2) is 10.6. The van der Waals surface area contributed by atoms with Gasteiger partial charge in [0.25, 0.3) is 5.89 Å². The molecule has 1 aromatic carbocycles. The van der Waals surface area contributed by atoms with Crippen LogP contribution < -0.4 is 15.0 Å². The van der Waals surface area contributed by atoms with Gasteiger partial charge < -0.3 is 23.9 Å². The van der Waals surface area contributed by atoms with Gasteiger partial charge in [0.05, 0.1) is 19.2 Å². The van der Waals surface area contributed by atoms with Crippen LogP contribution in [-0.2, 0) is 16.0 Å². The number of benzene rings is 1. The van der Waals surface area contributed by atoms with Crippen LogP contribution >= 0.6 is 0 Å². The number of rotatable bonds is 9. The Balaban J connectivity index is 1.39. The molecule has 0 spiro atoms. The molecule has 35 heavy (non-hydrogen) atoms. The van der Waals surface area contributed by atoms with E-state index in [2.05, 4.69) is 38.7 Å². The molecule has 9 heteroatoms. The van der Waals surface area contributed by atoms with Crippen molar-refractivity contribution in [1.29, 1.82) is 0 Å². The lowest BCUT2D eigenvalue weighted by molar-refractivity contribution is 0.245. The zero-order chi connectivity index (χ0) is 23.9. The predicted molar refractivity (Wildman–Crippen MR) is 131 cm³/mol. The van der Waals surface area contributed by atoms with Crippen LogP contribution in [-0.4, -0.2) is 28.8 Å². The Kier molecular flexibility index (Phi) is 6.75. The van der Waals surface area contributed by atoms with Crippen LogP contribution in [0.1, 0.15) is 18.4 Å². The van der Waals surface area contributed by atoms with Crippen molar-refractivity contribution < 1.29 is 18.6 Å². The number of nitrogens with zero attached hydrogens (tertiary/aromatic N) is 4. The van der Waals surface area contributed by atoms with E-state index in [-0.39, 0.29) is 0 Å². The van der Waals surface area contributed by atoms with E-state index in [4.69, 9.17) is 18.6 Å². The molecule has 2 aromatic heterocycles. The lowest BCUT2D eigenvalue weighted by Crippen LogP contribution is -2.27. The smallest absolute Gasteiger partial charge is 0.325 e. The number of nitrogens with one attached hydrogen (secondary N) is 1. The van der Waals surface area contributed by atoms with E-state index in [0.717, 1.165) is 24.2 Å². The molecule has 2 aliphatic rings. The fourth-order valence-electron chi connectivity index (χ4n) is 3.73. The Hall–Kier alpha value is -4.53. The molecule has 0 saturated carbocycles. The lowest BCUT2D eigenvalue weighted by Gasteiger charge is -2.24. The fourth-order valence-corrected chi connectivity index (χ4v) is 3.73. The molecule has 0 amide bonds. The van der Waals surface area contributed by atoms with E-state index >= 15 is 0 Å². The van der Waals surface area contributed by atoms with E-state index in [0.29, 0.717) is 42.3 Å². The Morgan fingerprint density at radius 1 is 1.14 bits per heavy atom. The number of hydrogen-bond acceptors (Lipinski definition) is 9. The van der Waals surface area contributed by atoms with E-state index in [1.807, 2.05) is 36.4 Å². The van der Waals surface area contributed by atoms with Crippen LogP contribution in [0.5, 0.6) is 5.75 Å². The van der Waals surface area contributed by atoms with E-state index in [1.54, 1.807) is 18.2 Å². The van der Waals surface area contributed by atoms with Crippen molar-refractivity contribution in [2.75, 3.05) is 23.9 Å². The minimum absolute atomic E-state index is 0.295. The van der Waals surface area contributed by atoms with Crippen molar-refractivity contribution >= 4 is 11.8 Å². The van der Waals surface area contributed by atoms with E-state index < -0.39 is 0 Å². The summed E-state index contributed by atoms with van der Waals surface area (Å²) in [6, 6.07) is 11.9. The third-order valence-electron chi connectivity index (χ3n) is 5.50. The van der Waals surface area contributed by atoms with Gasteiger partial charge in [0.15, 0.2) is 6.26 Å². The van der Waals surface area contributed by atoms with Gasteiger partial charge in [-0.15, -0.1) is 5.10 Å². The summed E-state index contributed by atoms with van der Waals surface area (Å²) in [6.45, 7) is 1.09. The first kappa shape index (κ1) is 22.3. The predicted octanol–water partition coefficient (Wildman–Crippen LogP) is 5.15. The fraction of sp³-hybridized carbons (Fsp3) is 0.192. The molecule has 1 aliphatic carbocycles. The summed E-state index contributed by atoms with van der Waals surface area (Å²) in [5.41, 5.74) is 2.97. The molecule has 0 bridgehead atoms. The van der Waals surface area contributed by atoms with Crippen molar-refractivity contribution in [3.8, 4) is 17.2 Å². The van der Waals surface area contributed by atoms with Gasteiger partial charge in [0, 0.05) is 12.7 Å². The van der Waals surface area contributed by atoms with Crippen LogP contribution in [0.3, 0.4) is 0 Å². The van der Waals surface area contributed by atoms with Crippen molar-refractivity contribution in [3.63, 3.8) is 0 Å². The average Bonchev–Trinajstić information content (AvgIpc) is 3.42. The number of anilines is 2. The Morgan fingerprint density at radius 2 is 2.11 bits per heavy atom. The van der Waals surface area contributed by atoms with Crippen LogP contribution in [0, 0.1) is 0 Å². The third-order valence-corrected chi connectivity index (χ3v) is 5.50. The number of hydrogen-bond donors (Lipinski definition) is 1. The highest BCUT2D eigenvalue weighted by molar-refractivity contribution is 5.69. The number of aromatic nitrogens is 3. The molecule has 0 unspecified atom stereocenters. The summed E-state index contributed by atoms with van der Waals surface area (Å²) >= 11 is 0. The van der Waals surface area contributed by atoms with Gasteiger partial charge in [-0.05, 0) is 48.2 Å². The average molecular weight is 472 g/mol. The van der Waals surface area contributed by atoms with Crippen LogP contribution in [0.2, 0.25) is 0 Å². The summed E-state index contributed by atoms with van der Waals surface area (Å²) in [7, 11) is 1.65. The van der Waals surface area contributed by atoms with Gasteiger partial charge in [-0.3, -0.25) is 4.90 Å². The number of pyridine rings is 1. The van der Waals surface area contributed by atoms with Gasteiger partial charge in [0.1, 0.15) is 24.1 Å². The molecule has 1 aliphatic heterocycles. The maximum atomic E-state index is 6.11. The summed E-state index contributed by atoms with van der Waals surface area (Å²) in [5, 5.41) is 12.0. The Morgan fingerprint density at radius 3 is 2.94 bits per heavy atom. The zero-order valence-electron chi connectivity index (χ0n) is 19.3. The van der Waals surface area contributed by atoms with Gasteiger partial charge in [0.2, 0.25) is 5.88 Å². The van der Waals surface area contributed by atoms with Crippen LogP contribution in [0.15, 0.2) is 95.5 Å². The molecule has 5 rings (SSSR count). The quantitative estimate of drug-likeness (QED) is 0.454. The van der Waals surface area contributed by atoms with Gasteiger partial charge in [-0.1, -0.05) is 35.5 Å². The molecule has 0 radical (unpaired) electrons. The minimum atomic E-state index is 0.295. The topological polar surface area (TPSA) is 94.8 Å². The maximum absolute atomic E-state index is 6.11. The van der Waals surface area contributed by atoms with Gasteiger partial charge in [-0.2, -0.15) is 0 Å². The van der Waals surface area contributed by atoms with Crippen molar-refractivity contribution in [1.82, 2.24) is 15.2 Å². The Bertz CT molecular complexity index is 1290. The molecular formula is C26H25N5O4. The summed E-state index contributed by atoms with van der Waals surface area (Å²) < 4.78 is 22.4. The molecule has 3 heterocycles. The zero-order valence-corrected chi connectivity index (χ0v) is 19.3. The highest BCUT2D eigenvalue weighted by atomic mass is 16.5. The molecule has 3 aromatic rings. The van der Waals surface area contributed by atoms with Crippen molar-refractivity contribution in [3.05, 3.63) is 96.6 Å². The van der Waals surface area contributed by atoms with Crippen LogP contribution in [0.25, 0.3) is 11.5 Å². The lowest BCUT2D eigenvalue weighted by atomic mass is 10.1. The van der Waals surface area contributed by atoms with Crippen molar-refractivity contribution in [2.45, 2.75) is 19.4 Å². The summed E-state index contributed by atoms with van der Waals surface area (Å²) in [4.78, 5) is 6.28. The molecule has 0 saturated heterocycles. The Labute approximate surface area is 203 Å². The molecule has 1 N–H and O–H groups in total. The second-order valence-corrected chi connectivity index (χ2v) is 7.85. The molecule has 0 fully saturated rings. The first-order chi connectivity index (χ1) is 17.3. The SMILES string of the molecule is COc1cccc(CNc2ncccc2-c2nnc(N(CC3=CC=CCC3)C3=COC=CO3)o2)c1. The first-order valence-electron chi connectivity index (χ1n) is 11.3. The summed E-state index contributed by atoms with van der Waals surface area (Å²) in [5.74, 6) is 2.24. The standard InChI is InChI=1S/C26H25N5O4/c1-32-21-10-5-9-20(15-21)16-28-24-22(11-6-12-27-24)25-29-30-26(35-25)31(23-18-33-13-14-34-23)17-19-7-3-2-4-8-19/h2-3,5-7,9-15,18H,4,8,16-17H2,1H3,(H,27,28). The van der Waals surface area contributed by atoms with E-state index in [9.17, 15) is 0 Å². The largest absolute Gasteiger partial charge is 0.497 e. The second-order valence-electron chi connectivity index (χ2n) is 7.85. The van der Waals surface area contributed by atoms with Crippen molar-refractivity contribution in [2.24, 2.45) is 0 Å². The first-order valence-corrected chi connectivity index (χ1v) is 11.3. The summed E-state index contributed by atoms with van der Waals surface area (Å²) in [6.07, 6.45) is 14.4.